The van der Waals surface area contributed by atoms with Crippen LogP contribution in [-0.4, -0.2) is 5.21 Å². The maximum Gasteiger partial charge on any atom is 0.408 e. The lowest BCUT2D eigenvalue weighted by Gasteiger charge is -1.85. The minimum absolute atomic E-state index is 0.454. The van der Waals surface area contributed by atoms with E-state index in [0.29, 0.717) is 4.73 Å². The summed E-state index contributed by atoms with van der Waals surface area (Å²) in [4.78, 5) is 0. The van der Waals surface area contributed by atoms with E-state index in [9.17, 15) is 4.39 Å². The molecule has 1 heterocycles. The Hall–Kier alpha value is -1.12. The van der Waals surface area contributed by atoms with Crippen LogP contribution in [0.15, 0.2) is 18.3 Å². The highest BCUT2D eigenvalue weighted by atomic mass is 19.1. The van der Waals surface area contributed by atoms with Gasteiger partial charge in [-0.3, -0.25) is 5.21 Å². The Balaban J connectivity index is 3.17. The van der Waals surface area contributed by atoms with Crippen molar-refractivity contribution < 1.29 is 14.3 Å². The number of hydrogen-bond acceptors (Lipinski definition) is 1. The molecule has 0 saturated carbocycles. The second-order valence-electron chi connectivity index (χ2n) is 1.87. The average molecular weight is 128 g/mol. The van der Waals surface area contributed by atoms with E-state index in [4.69, 9.17) is 5.21 Å². The van der Waals surface area contributed by atoms with Gasteiger partial charge in [-0.05, 0) is 13.0 Å². The van der Waals surface area contributed by atoms with Gasteiger partial charge in [0.1, 0.15) is 0 Å². The summed E-state index contributed by atoms with van der Waals surface area (Å²) in [7, 11) is 0. The van der Waals surface area contributed by atoms with Crippen LogP contribution in [0.2, 0.25) is 0 Å². The standard InChI is InChI=1S/C6H7FNO/c1-5-2-3-6(7)8(9)4-5/h2-4,9H,1H3/q+1. The SMILES string of the molecule is Cc1ccc(F)[n+](O)c1. The van der Waals surface area contributed by atoms with Gasteiger partial charge in [-0.15, -0.1) is 4.39 Å². The molecule has 0 saturated heterocycles. The van der Waals surface area contributed by atoms with Gasteiger partial charge in [-0.2, -0.15) is 0 Å². The molecule has 9 heavy (non-hydrogen) atoms. The van der Waals surface area contributed by atoms with Crippen molar-refractivity contribution in [3.8, 4) is 0 Å². The number of rotatable bonds is 0. The highest BCUT2D eigenvalue weighted by molar-refractivity contribution is 5.01. The monoisotopic (exact) mass is 128 g/mol. The molecular weight excluding hydrogens is 121 g/mol. The smallest absolute Gasteiger partial charge is 0.282 e. The van der Waals surface area contributed by atoms with Crippen molar-refractivity contribution in [1.29, 1.82) is 0 Å². The van der Waals surface area contributed by atoms with Crippen molar-refractivity contribution in [2.24, 2.45) is 0 Å². The van der Waals surface area contributed by atoms with Gasteiger partial charge in [0.15, 0.2) is 0 Å². The fourth-order valence-corrected chi connectivity index (χ4v) is 0.574. The normalized spacial score (nSPS) is 9.56. The first-order valence-electron chi connectivity index (χ1n) is 2.57. The molecular formula is C6H7FNO+. The molecule has 0 amide bonds. The summed E-state index contributed by atoms with van der Waals surface area (Å²) in [6.45, 7) is 1.77. The van der Waals surface area contributed by atoms with Crippen LogP contribution in [0.1, 0.15) is 5.56 Å². The molecule has 0 fully saturated rings. The number of pyridine rings is 1. The van der Waals surface area contributed by atoms with Crippen LogP contribution in [0, 0.1) is 12.9 Å². The molecule has 0 unspecified atom stereocenters. The molecule has 1 aromatic heterocycles. The first-order chi connectivity index (χ1) is 4.20. The summed E-state index contributed by atoms with van der Waals surface area (Å²) in [5.74, 6) is -0.652. The second-order valence-corrected chi connectivity index (χ2v) is 1.87. The van der Waals surface area contributed by atoms with Crippen molar-refractivity contribution in [3.63, 3.8) is 0 Å². The largest absolute Gasteiger partial charge is 0.408 e. The van der Waals surface area contributed by atoms with Crippen LogP contribution < -0.4 is 4.73 Å². The molecule has 2 nitrogen and oxygen atoms in total. The van der Waals surface area contributed by atoms with E-state index in [1.807, 2.05) is 0 Å². The van der Waals surface area contributed by atoms with Gasteiger partial charge in [0.05, 0.1) is 0 Å². The van der Waals surface area contributed by atoms with Gasteiger partial charge in [-0.25, -0.2) is 0 Å². The van der Waals surface area contributed by atoms with E-state index >= 15 is 0 Å². The minimum atomic E-state index is -0.652. The van der Waals surface area contributed by atoms with Crippen molar-refractivity contribution in [2.45, 2.75) is 6.92 Å². The lowest BCUT2D eigenvalue weighted by Crippen LogP contribution is -2.34. The quantitative estimate of drug-likeness (QED) is 0.310. The van der Waals surface area contributed by atoms with E-state index in [1.165, 1.54) is 12.3 Å². The van der Waals surface area contributed by atoms with Crippen molar-refractivity contribution in [1.82, 2.24) is 0 Å². The number of halogens is 1. The third kappa shape index (κ3) is 1.16. The van der Waals surface area contributed by atoms with Crippen LogP contribution in [0.5, 0.6) is 0 Å². The number of aromatic nitrogens is 1. The maximum atomic E-state index is 12.2. The predicted octanol–water partition coefficient (Wildman–Crippen LogP) is 0.659. The lowest BCUT2D eigenvalue weighted by atomic mass is 10.3. The zero-order valence-corrected chi connectivity index (χ0v) is 5.00. The van der Waals surface area contributed by atoms with Crippen LogP contribution >= 0.6 is 0 Å². The Bertz CT molecular complexity index is 224. The van der Waals surface area contributed by atoms with E-state index < -0.39 is 5.95 Å². The number of nitrogens with zero attached hydrogens (tertiary/aromatic N) is 1. The first-order valence-corrected chi connectivity index (χ1v) is 2.57. The van der Waals surface area contributed by atoms with E-state index in [1.54, 1.807) is 13.0 Å². The third-order valence-electron chi connectivity index (χ3n) is 1.03. The first kappa shape index (κ1) is 6.01. The molecule has 1 rings (SSSR count). The van der Waals surface area contributed by atoms with Gasteiger partial charge in [-0.1, -0.05) is 0 Å². The summed E-state index contributed by atoms with van der Waals surface area (Å²) in [6, 6.07) is 2.79. The Morgan fingerprint density at radius 3 is 2.67 bits per heavy atom. The summed E-state index contributed by atoms with van der Waals surface area (Å²) >= 11 is 0. The van der Waals surface area contributed by atoms with Crippen LogP contribution in [0.25, 0.3) is 0 Å². The van der Waals surface area contributed by atoms with Crippen molar-refractivity contribution >= 4 is 0 Å². The molecule has 0 aliphatic rings. The molecule has 48 valence electrons. The average Bonchev–Trinajstić information content (AvgIpc) is 1.80. The Morgan fingerprint density at radius 1 is 1.56 bits per heavy atom. The zero-order valence-electron chi connectivity index (χ0n) is 5.00. The molecule has 0 aliphatic carbocycles. The van der Waals surface area contributed by atoms with Gasteiger partial charge < -0.3 is 0 Å². The fraction of sp³-hybridized carbons (Fsp3) is 0.167. The summed E-state index contributed by atoms with van der Waals surface area (Å²) in [5.41, 5.74) is 0.818. The highest BCUT2D eigenvalue weighted by Gasteiger charge is 2.05. The number of aryl methyl sites for hydroxylation is 1. The number of hydrogen-bond donors (Lipinski definition) is 1. The maximum absolute atomic E-state index is 12.2. The van der Waals surface area contributed by atoms with Crippen molar-refractivity contribution in [2.75, 3.05) is 0 Å². The fourth-order valence-electron chi connectivity index (χ4n) is 0.574. The Kier molecular flexibility index (Phi) is 1.34. The van der Waals surface area contributed by atoms with Gasteiger partial charge >= 0.3 is 5.95 Å². The van der Waals surface area contributed by atoms with Crippen molar-refractivity contribution in [3.05, 3.63) is 29.8 Å². The Labute approximate surface area is 52.1 Å². The van der Waals surface area contributed by atoms with Gasteiger partial charge in [0, 0.05) is 16.4 Å². The zero-order chi connectivity index (χ0) is 6.85. The highest BCUT2D eigenvalue weighted by Crippen LogP contribution is 1.92. The molecule has 0 bridgehead atoms. The molecule has 1 aromatic rings. The molecule has 0 radical (unpaired) electrons. The second kappa shape index (κ2) is 2.01. The molecule has 0 spiro atoms. The van der Waals surface area contributed by atoms with E-state index in [-0.39, 0.29) is 0 Å². The minimum Gasteiger partial charge on any atom is -0.282 e. The van der Waals surface area contributed by atoms with Gasteiger partial charge in [0.2, 0.25) is 6.20 Å². The van der Waals surface area contributed by atoms with E-state index in [0.717, 1.165) is 5.56 Å². The molecule has 3 heteroatoms. The predicted molar refractivity (Wildman–Crippen MR) is 28.5 cm³/mol. The third-order valence-corrected chi connectivity index (χ3v) is 1.03. The molecule has 1 N–H and O–H groups in total. The summed E-state index contributed by atoms with van der Waals surface area (Å²) in [5, 5.41) is 8.64. The van der Waals surface area contributed by atoms with Crippen LogP contribution in [0.4, 0.5) is 4.39 Å². The summed E-state index contributed by atoms with van der Waals surface area (Å²) < 4.78 is 12.7. The molecule has 0 atom stereocenters. The van der Waals surface area contributed by atoms with Crippen LogP contribution in [0.3, 0.4) is 0 Å². The van der Waals surface area contributed by atoms with Crippen LogP contribution in [-0.2, 0) is 0 Å². The van der Waals surface area contributed by atoms with Gasteiger partial charge in [0.25, 0.3) is 0 Å². The lowest BCUT2D eigenvalue weighted by molar-refractivity contribution is -0.924. The van der Waals surface area contributed by atoms with E-state index in [2.05, 4.69) is 0 Å². The topological polar surface area (TPSA) is 24.1 Å². The Morgan fingerprint density at radius 2 is 2.22 bits per heavy atom. The molecule has 0 aromatic carbocycles. The molecule has 0 aliphatic heterocycles. The summed E-state index contributed by atoms with van der Waals surface area (Å²) in [6.07, 6.45) is 1.30.